The van der Waals surface area contributed by atoms with Crippen LogP contribution in [0.3, 0.4) is 0 Å². The predicted molar refractivity (Wildman–Crippen MR) is 191 cm³/mol. The first-order chi connectivity index (χ1) is 21.4. The van der Waals surface area contributed by atoms with Crippen molar-refractivity contribution in [3.8, 4) is 11.4 Å². The van der Waals surface area contributed by atoms with E-state index in [4.69, 9.17) is 0 Å². The molecule has 1 aromatic heterocycles. The van der Waals surface area contributed by atoms with Crippen LogP contribution in [0.2, 0.25) is 0 Å². The molecule has 1 heterocycles. The largest absolute Gasteiger partial charge is 0.288 e. The van der Waals surface area contributed by atoms with Crippen LogP contribution in [-0.2, 0) is 13.1 Å². The molecule has 2 rings (SSSR count). The van der Waals surface area contributed by atoms with Gasteiger partial charge in [0.25, 0.3) is 5.82 Å². The summed E-state index contributed by atoms with van der Waals surface area (Å²) in [5.74, 6) is 1.41. The second-order valence-electron chi connectivity index (χ2n) is 13.6. The first-order valence-corrected chi connectivity index (χ1v) is 19.5. The second kappa shape index (κ2) is 27.9. The molecule has 0 radical (unpaired) electrons. The lowest BCUT2D eigenvalue weighted by atomic mass is 10.0. The standard InChI is InChI=1S/C41H73N2/c1-3-5-7-9-11-13-15-17-18-19-20-22-24-26-28-33-37-43-39-38-42(41(43)40-34-30-29-31-35-40)36-32-27-25-23-21-16-14-12-10-8-6-4-2/h29-31,34-35,38-39H,3-28,32-33,36-37H2,1-2H3/q+1. The molecule has 1 aromatic carbocycles. The normalized spacial score (nSPS) is 11.5. The van der Waals surface area contributed by atoms with Gasteiger partial charge in [-0.3, -0.25) is 0 Å². The van der Waals surface area contributed by atoms with E-state index in [-0.39, 0.29) is 0 Å². The number of hydrogen-bond acceptors (Lipinski definition) is 0. The van der Waals surface area contributed by atoms with Crippen LogP contribution in [0.15, 0.2) is 42.7 Å². The van der Waals surface area contributed by atoms with E-state index in [1.54, 1.807) is 0 Å². The molecule has 0 saturated carbocycles. The number of rotatable bonds is 31. The lowest BCUT2D eigenvalue weighted by molar-refractivity contribution is -0.686. The summed E-state index contributed by atoms with van der Waals surface area (Å²) in [4.78, 5) is 0. The highest BCUT2D eigenvalue weighted by Gasteiger charge is 2.18. The molecule has 0 amide bonds. The Bertz CT molecular complexity index is 839. The van der Waals surface area contributed by atoms with Crippen LogP contribution in [0.5, 0.6) is 0 Å². The van der Waals surface area contributed by atoms with Crippen molar-refractivity contribution in [2.24, 2.45) is 0 Å². The van der Waals surface area contributed by atoms with Crippen LogP contribution in [0.25, 0.3) is 11.4 Å². The fourth-order valence-corrected chi connectivity index (χ4v) is 6.70. The molecule has 0 aliphatic heterocycles. The molecule has 0 atom stereocenters. The third kappa shape index (κ3) is 19.4. The number of benzene rings is 1. The minimum Gasteiger partial charge on any atom is -0.230 e. The molecule has 0 aliphatic rings. The zero-order valence-electron chi connectivity index (χ0n) is 29.1. The van der Waals surface area contributed by atoms with E-state index in [1.807, 2.05) is 0 Å². The Balaban J connectivity index is 1.55. The van der Waals surface area contributed by atoms with Gasteiger partial charge in [0.05, 0.1) is 18.7 Å². The number of imidazole rings is 1. The third-order valence-electron chi connectivity index (χ3n) is 9.51. The van der Waals surface area contributed by atoms with Crippen molar-refractivity contribution in [1.29, 1.82) is 0 Å². The molecule has 0 unspecified atom stereocenters. The average Bonchev–Trinajstić information content (AvgIpc) is 3.44. The van der Waals surface area contributed by atoms with Crippen molar-refractivity contribution in [2.75, 3.05) is 0 Å². The van der Waals surface area contributed by atoms with Crippen LogP contribution >= 0.6 is 0 Å². The first-order valence-electron chi connectivity index (χ1n) is 19.5. The Labute approximate surface area is 269 Å². The van der Waals surface area contributed by atoms with Crippen molar-refractivity contribution in [1.82, 2.24) is 4.57 Å². The molecule has 246 valence electrons. The molecule has 0 N–H and O–H groups in total. The van der Waals surface area contributed by atoms with E-state index < -0.39 is 0 Å². The molecule has 0 aliphatic carbocycles. The van der Waals surface area contributed by atoms with Gasteiger partial charge in [-0.25, -0.2) is 9.13 Å². The van der Waals surface area contributed by atoms with Crippen LogP contribution in [0.4, 0.5) is 0 Å². The Morgan fingerprint density at radius 1 is 0.442 bits per heavy atom. The summed E-state index contributed by atoms with van der Waals surface area (Å²) >= 11 is 0. The molecule has 0 bridgehead atoms. The number of aromatic nitrogens is 2. The van der Waals surface area contributed by atoms with Gasteiger partial charge in [0.1, 0.15) is 12.4 Å². The Morgan fingerprint density at radius 3 is 1.23 bits per heavy atom. The van der Waals surface area contributed by atoms with Crippen LogP contribution < -0.4 is 4.57 Å². The highest BCUT2D eigenvalue weighted by molar-refractivity contribution is 5.52. The summed E-state index contributed by atoms with van der Waals surface area (Å²) in [6, 6.07) is 11.1. The van der Waals surface area contributed by atoms with E-state index in [1.165, 1.54) is 191 Å². The average molecular weight is 594 g/mol. The zero-order valence-corrected chi connectivity index (χ0v) is 29.1. The summed E-state index contributed by atoms with van der Waals surface area (Å²) in [5.41, 5.74) is 1.36. The molecular weight excluding hydrogens is 520 g/mol. The molecule has 43 heavy (non-hydrogen) atoms. The summed E-state index contributed by atoms with van der Waals surface area (Å²) in [5, 5.41) is 0. The Morgan fingerprint density at radius 2 is 0.814 bits per heavy atom. The highest BCUT2D eigenvalue weighted by Crippen LogP contribution is 2.19. The highest BCUT2D eigenvalue weighted by atomic mass is 15.1. The van der Waals surface area contributed by atoms with E-state index >= 15 is 0 Å². The lowest BCUT2D eigenvalue weighted by Gasteiger charge is -2.07. The Kier molecular flexibility index (Phi) is 24.4. The summed E-state index contributed by atoms with van der Waals surface area (Å²) in [7, 11) is 0. The third-order valence-corrected chi connectivity index (χ3v) is 9.51. The van der Waals surface area contributed by atoms with Gasteiger partial charge in [-0.15, -0.1) is 0 Å². The summed E-state index contributed by atoms with van der Waals surface area (Å²) in [6.45, 7) is 6.90. The van der Waals surface area contributed by atoms with Gasteiger partial charge in [-0.05, 0) is 37.8 Å². The van der Waals surface area contributed by atoms with Crippen molar-refractivity contribution < 1.29 is 4.57 Å². The number of unbranched alkanes of at least 4 members (excludes halogenated alkanes) is 26. The number of nitrogens with zero attached hydrogens (tertiary/aromatic N) is 2. The number of aryl methyl sites for hydroxylation is 2. The molecule has 2 heteroatoms. The van der Waals surface area contributed by atoms with Crippen molar-refractivity contribution in [3.63, 3.8) is 0 Å². The summed E-state index contributed by atoms with van der Waals surface area (Å²) < 4.78 is 5.05. The quantitative estimate of drug-likeness (QED) is 0.0607. The first kappa shape index (κ1) is 37.6. The van der Waals surface area contributed by atoms with E-state index in [0.717, 1.165) is 13.1 Å². The van der Waals surface area contributed by atoms with Crippen LogP contribution in [0.1, 0.15) is 194 Å². The van der Waals surface area contributed by atoms with Gasteiger partial charge in [0.15, 0.2) is 0 Å². The minimum absolute atomic E-state index is 1.15. The van der Waals surface area contributed by atoms with Crippen molar-refractivity contribution in [2.45, 2.75) is 207 Å². The monoisotopic (exact) mass is 594 g/mol. The van der Waals surface area contributed by atoms with Crippen LogP contribution in [0, 0.1) is 0 Å². The minimum atomic E-state index is 1.15. The smallest absolute Gasteiger partial charge is 0.230 e. The van der Waals surface area contributed by atoms with Gasteiger partial charge < -0.3 is 0 Å². The topological polar surface area (TPSA) is 8.81 Å². The molecule has 0 spiro atoms. The van der Waals surface area contributed by atoms with Crippen molar-refractivity contribution >= 4 is 0 Å². The maximum absolute atomic E-state index is 2.53. The summed E-state index contributed by atoms with van der Waals surface area (Å²) in [6.07, 6.45) is 44.5. The molecule has 0 saturated heterocycles. The molecule has 0 fully saturated rings. The van der Waals surface area contributed by atoms with Crippen LogP contribution in [-0.4, -0.2) is 4.57 Å². The Hall–Kier alpha value is -1.57. The molecule has 2 aromatic rings. The number of hydrogen-bond donors (Lipinski definition) is 0. The fourth-order valence-electron chi connectivity index (χ4n) is 6.70. The van der Waals surface area contributed by atoms with Gasteiger partial charge >= 0.3 is 0 Å². The van der Waals surface area contributed by atoms with Gasteiger partial charge in [-0.1, -0.05) is 186 Å². The van der Waals surface area contributed by atoms with Crippen molar-refractivity contribution in [3.05, 3.63) is 42.7 Å². The second-order valence-corrected chi connectivity index (χ2v) is 13.6. The SMILES string of the molecule is CCCCCCCCCCCCCCCCCC[n+]1ccn(CCCCCCCCCCCCCC)c1-c1ccccc1. The lowest BCUT2D eigenvalue weighted by Crippen LogP contribution is -2.34. The maximum atomic E-state index is 2.53. The van der Waals surface area contributed by atoms with E-state index in [0.29, 0.717) is 0 Å². The maximum Gasteiger partial charge on any atom is 0.288 e. The van der Waals surface area contributed by atoms with Gasteiger partial charge in [0.2, 0.25) is 0 Å². The molecule has 2 nitrogen and oxygen atoms in total. The fraction of sp³-hybridized carbons (Fsp3) is 0.780. The van der Waals surface area contributed by atoms with E-state index in [2.05, 4.69) is 65.7 Å². The van der Waals surface area contributed by atoms with Gasteiger partial charge in [0, 0.05) is 0 Å². The predicted octanol–water partition coefficient (Wildman–Crippen LogP) is 13.4. The zero-order chi connectivity index (χ0) is 30.5. The molecular formula is C41H73N2+. The van der Waals surface area contributed by atoms with Gasteiger partial charge in [-0.2, -0.15) is 0 Å². The van der Waals surface area contributed by atoms with E-state index in [9.17, 15) is 0 Å².